The summed E-state index contributed by atoms with van der Waals surface area (Å²) in [6.45, 7) is 1.76. The van der Waals surface area contributed by atoms with Crippen LogP contribution in [0.4, 0.5) is 11.4 Å². The van der Waals surface area contributed by atoms with Crippen LogP contribution in [-0.2, 0) is 4.79 Å². The molecule has 1 heterocycles. The van der Waals surface area contributed by atoms with Gasteiger partial charge < -0.3 is 11.1 Å². The largest absolute Gasteiger partial charge is 0.324 e. The third kappa shape index (κ3) is 3.01. The molecule has 0 saturated carbocycles. The van der Waals surface area contributed by atoms with E-state index in [1.807, 2.05) is 11.4 Å². The van der Waals surface area contributed by atoms with Crippen molar-refractivity contribution in [1.82, 2.24) is 0 Å². The number of benzene rings is 1. The SMILES string of the molecule is Cc1ccc([N+](=O)[O-])cc1NC(=O)C(N)c1cccs1. The zero-order chi connectivity index (χ0) is 14.7. The highest BCUT2D eigenvalue weighted by atomic mass is 32.1. The van der Waals surface area contributed by atoms with Crippen molar-refractivity contribution in [1.29, 1.82) is 0 Å². The highest BCUT2D eigenvalue weighted by Gasteiger charge is 2.18. The van der Waals surface area contributed by atoms with Crippen LogP contribution in [0.5, 0.6) is 0 Å². The summed E-state index contributed by atoms with van der Waals surface area (Å²) in [5.41, 5.74) is 6.91. The van der Waals surface area contributed by atoms with Gasteiger partial charge in [0.2, 0.25) is 5.91 Å². The molecule has 0 radical (unpaired) electrons. The van der Waals surface area contributed by atoms with Crippen molar-refractivity contribution in [2.45, 2.75) is 13.0 Å². The Hall–Kier alpha value is -2.25. The molecular formula is C13H13N3O3S. The Labute approximate surface area is 119 Å². The first-order chi connectivity index (χ1) is 9.49. The van der Waals surface area contributed by atoms with Crippen LogP contribution in [0.15, 0.2) is 35.7 Å². The molecule has 1 aromatic carbocycles. The predicted molar refractivity (Wildman–Crippen MR) is 77.7 cm³/mol. The smallest absolute Gasteiger partial charge is 0.271 e. The van der Waals surface area contributed by atoms with Gasteiger partial charge in [-0.25, -0.2) is 0 Å². The molecule has 104 valence electrons. The maximum atomic E-state index is 12.0. The van der Waals surface area contributed by atoms with Crippen molar-refractivity contribution in [2.24, 2.45) is 5.73 Å². The van der Waals surface area contributed by atoms with Crippen molar-refractivity contribution >= 4 is 28.6 Å². The van der Waals surface area contributed by atoms with Gasteiger partial charge in [-0.15, -0.1) is 11.3 Å². The Bertz CT molecular complexity index is 640. The molecule has 0 fully saturated rings. The van der Waals surface area contributed by atoms with Crippen molar-refractivity contribution < 1.29 is 9.72 Å². The van der Waals surface area contributed by atoms with E-state index in [0.717, 1.165) is 10.4 Å². The number of nitro benzene ring substituents is 1. The molecule has 0 spiro atoms. The zero-order valence-electron chi connectivity index (χ0n) is 10.7. The van der Waals surface area contributed by atoms with Gasteiger partial charge in [0.25, 0.3) is 5.69 Å². The van der Waals surface area contributed by atoms with E-state index in [0.29, 0.717) is 5.69 Å². The lowest BCUT2D eigenvalue weighted by molar-refractivity contribution is -0.384. The lowest BCUT2D eigenvalue weighted by atomic mass is 10.1. The summed E-state index contributed by atoms with van der Waals surface area (Å²) in [6.07, 6.45) is 0. The van der Waals surface area contributed by atoms with Gasteiger partial charge in [0, 0.05) is 17.0 Å². The van der Waals surface area contributed by atoms with Crippen molar-refractivity contribution in [3.05, 3.63) is 56.3 Å². The Morgan fingerprint density at radius 3 is 2.80 bits per heavy atom. The Morgan fingerprint density at radius 2 is 2.20 bits per heavy atom. The number of amides is 1. The number of non-ortho nitro benzene ring substituents is 1. The number of hydrogen-bond acceptors (Lipinski definition) is 5. The molecule has 1 aromatic heterocycles. The van der Waals surface area contributed by atoms with Crippen LogP contribution in [0.25, 0.3) is 0 Å². The second kappa shape index (κ2) is 5.81. The minimum Gasteiger partial charge on any atom is -0.324 e. The van der Waals surface area contributed by atoms with Crippen LogP contribution in [0.3, 0.4) is 0 Å². The fraction of sp³-hybridized carbons (Fsp3) is 0.154. The van der Waals surface area contributed by atoms with Gasteiger partial charge >= 0.3 is 0 Å². The first kappa shape index (κ1) is 14.2. The number of aryl methyl sites for hydroxylation is 1. The number of nitrogens with zero attached hydrogens (tertiary/aromatic N) is 1. The number of anilines is 1. The number of nitrogens with one attached hydrogen (secondary N) is 1. The number of thiophene rings is 1. The minimum atomic E-state index is -0.784. The molecule has 0 aliphatic heterocycles. The number of nitrogens with two attached hydrogens (primary N) is 1. The second-order valence-corrected chi connectivity index (χ2v) is 5.22. The van der Waals surface area contributed by atoms with Gasteiger partial charge in [0.1, 0.15) is 6.04 Å². The maximum Gasteiger partial charge on any atom is 0.271 e. The van der Waals surface area contributed by atoms with Gasteiger partial charge in [-0.3, -0.25) is 14.9 Å². The van der Waals surface area contributed by atoms with Crippen LogP contribution in [0, 0.1) is 17.0 Å². The summed E-state index contributed by atoms with van der Waals surface area (Å²) >= 11 is 1.39. The van der Waals surface area contributed by atoms with Crippen molar-refractivity contribution in [3.8, 4) is 0 Å². The van der Waals surface area contributed by atoms with Crippen LogP contribution in [0.1, 0.15) is 16.5 Å². The van der Waals surface area contributed by atoms with E-state index < -0.39 is 16.9 Å². The first-order valence-electron chi connectivity index (χ1n) is 5.84. The second-order valence-electron chi connectivity index (χ2n) is 4.24. The van der Waals surface area contributed by atoms with Gasteiger partial charge in [-0.05, 0) is 23.9 Å². The lowest BCUT2D eigenvalue weighted by Gasteiger charge is -2.12. The predicted octanol–water partition coefficient (Wildman–Crippen LogP) is 2.60. The molecule has 6 nitrogen and oxygen atoms in total. The molecule has 0 aliphatic carbocycles. The first-order valence-corrected chi connectivity index (χ1v) is 6.72. The van der Waals surface area contributed by atoms with E-state index in [4.69, 9.17) is 5.73 Å². The number of rotatable bonds is 4. The average Bonchev–Trinajstić information content (AvgIpc) is 2.94. The third-order valence-corrected chi connectivity index (χ3v) is 3.78. The minimum absolute atomic E-state index is 0.0735. The summed E-state index contributed by atoms with van der Waals surface area (Å²) in [7, 11) is 0. The summed E-state index contributed by atoms with van der Waals surface area (Å²) in [6, 6.07) is 7.11. The summed E-state index contributed by atoms with van der Waals surface area (Å²) in [4.78, 5) is 23.0. The maximum absolute atomic E-state index is 12.0. The van der Waals surface area contributed by atoms with E-state index in [9.17, 15) is 14.9 Å². The van der Waals surface area contributed by atoms with Crippen molar-refractivity contribution in [2.75, 3.05) is 5.32 Å². The normalized spacial score (nSPS) is 11.9. The number of hydrogen-bond donors (Lipinski definition) is 2. The molecule has 0 saturated heterocycles. The number of carbonyl (C=O) groups is 1. The summed E-state index contributed by atoms with van der Waals surface area (Å²) in [5, 5.41) is 15.2. The zero-order valence-corrected chi connectivity index (χ0v) is 11.5. The van der Waals surface area contributed by atoms with E-state index in [1.54, 1.807) is 19.1 Å². The van der Waals surface area contributed by atoms with Gasteiger partial charge in [0.15, 0.2) is 0 Å². The molecule has 2 aromatic rings. The fourth-order valence-electron chi connectivity index (χ4n) is 1.67. The quantitative estimate of drug-likeness (QED) is 0.668. The lowest BCUT2D eigenvalue weighted by Crippen LogP contribution is -2.27. The summed E-state index contributed by atoms with van der Waals surface area (Å²) < 4.78 is 0. The standard InChI is InChI=1S/C13H13N3O3S/c1-8-4-5-9(16(18)19)7-10(8)15-13(17)12(14)11-3-2-6-20-11/h2-7,12H,14H2,1H3,(H,15,17). The Kier molecular flexibility index (Phi) is 4.11. The Balaban J connectivity index is 2.19. The number of nitro groups is 1. The average molecular weight is 291 g/mol. The van der Waals surface area contributed by atoms with E-state index in [2.05, 4.69) is 5.32 Å². The van der Waals surface area contributed by atoms with Crippen molar-refractivity contribution in [3.63, 3.8) is 0 Å². The Morgan fingerprint density at radius 1 is 1.45 bits per heavy atom. The van der Waals surface area contributed by atoms with Crippen LogP contribution >= 0.6 is 11.3 Å². The van der Waals surface area contributed by atoms with Gasteiger partial charge in [-0.1, -0.05) is 12.1 Å². The van der Waals surface area contributed by atoms with E-state index >= 15 is 0 Å². The molecule has 1 amide bonds. The third-order valence-electron chi connectivity index (χ3n) is 2.82. The molecule has 3 N–H and O–H groups in total. The molecule has 20 heavy (non-hydrogen) atoms. The molecule has 1 atom stereocenters. The van der Waals surface area contributed by atoms with Crippen LogP contribution in [-0.4, -0.2) is 10.8 Å². The molecule has 2 rings (SSSR count). The molecule has 0 bridgehead atoms. The van der Waals surface area contributed by atoms with E-state index in [-0.39, 0.29) is 5.69 Å². The number of carbonyl (C=O) groups excluding carboxylic acids is 1. The van der Waals surface area contributed by atoms with Crippen LogP contribution < -0.4 is 11.1 Å². The van der Waals surface area contributed by atoms with Gasteiger partial charge in [0.05, 0.1) is 10.6 Å². The fourth-order valence-corrected chi connectivity index (χ4v) is 2.39. The van der Waals surface area contributed by atoms with Gasteiger partial charge in [-0.2, -0.15) is 0 Å². The van der Waals surface area contributed by atoms with E-state index in [1.165, 1.54) is 23.5 Å². The monoisotopic (exact) mass is 291 g/mol. The highest BCUT2D eigenvalue weighted by molar-refractivity contribution is 7.10. The highest BCUT2D eigenvalue weighted by Crippen LogP contribution is 2.24. The van der Waals surface area contributed by atoms with Crippen LogP contribution in [0.2, 0.25) is 0 Å². The molecular weight excluding hydrogens is 278 g/mol. The molecule has 7 heteroatoms. The molecule has 1 unspecified atom stereocenters. The topological polar surface area (TPSA) is 98.3 Å². The summed E-state index contributed by atoms with van der Waals surface area (Å²) in [5.74, 6) is -0.393. The molecule has 0 aliphatic rings.